The minimum Gasteiger partial charge on any atom is -0.380 e. The molecule has 2 aliphatic heterocycles. The largest absolute Gasteiger partial charge is 0.380 e. The Bertz CT molecular complexity index is 485. The van der Waals surface area contributed by atoms with Gasteiger partial charge in [0.25, 0.3) is 0 Å². The third-order valence-electron chi connectivity index (χ3n) is 4.25. The molecule has 21 heavy (non-hydrogen) atoms. The molecule has 1 amide bonds. The van der Waals surface area contributed by atoms with Gasteiger partial charge >= 0.3 is 0 Å². The van der Waals surface area contributed by atoms with Crippen molar-refractivity contribution < 1.29 is 9.53 Å². The molecule has 0 radical (unpaired) electrons. The second-order valence-corrected chi connectivity index (χ2v) is 6.93. The first kappa shape index (κ1) is 14.9. The maximum atomic E-state index is 12.9. The number of hydrogen-bond donors (Lipinski definition) is 0. The van der Waals surface area contributed by atoms with Gasteiger partial charge in [0.05, 0.1) is 30.1 Å². The zero-order chi connectivity index (χ0) is 14.7. The van der Waals surface area contributed by atoms with Crippen molar-refractivity contribution in [3.05, 3.63) is 18.0 Å². The average molecular weight is 309 g/mol. The number of ether oxygens (including phenoxy) is 1. The molecule has 2 atom stereocenters. The quantitative estimate of drug-likeness (QED) is 0.852. The molecule has 6 heteroatoms. The van der Waals surface area contributed by atoms with Crippen LogP contribution in [0, 0.1) is 0 Å². The molecule has 3 heterocycles. The molecule has 1 saturated heterocycles. The molecule has 0 unspecified atom stereocenters. The number of aryl methyl sites for hydroxylation is 1. The van der Waals surface area contributed by atoms with Crippen molar-refractivity contribution in [1.82, 2.24) is 14.7 Å². The van der Waals surface area contributed by atoms with Crippen LogP contribution in [0.4, 0.5) is 0 Å². The number of carbonyl (C=O) groups excluding carboxylic acids is 1. The van der Waals surface area contributed by atoms with Crippen LogP contribution in [0.25, 0.3) is 0 Å². The second kappa shape index (κ2) is 6.83. The summed E-state index contributed by atoms with van der Waals surface area (Å²) in [4.78, 5) is 14.9. The zero-order valence-corrected chi connectivity index (χ0v) is 13.3. The number of rotatable bonds is 4. The van der Waals surface area contributed by atoms with Crippen molar-refractivity contribution in [3.8, 4) is 0 Å². The van der Waals surface area contributed by atoms with Crippen molar-refractivity contribution in [2.75, 3.05) is 19.0 Å². The second-order valence-electron chi connectivity index (χ2n) is 5.62. The van der Waals surface area contributed by atoms with Gasteiger partial charge in [-0.15, -0.1) is 11.8 Å². The molecule has 0 aromatic carbocycles. The van der Waals surface area contributed by atoms with Crippen LogP contribution in [0.2, 0.25) is 0 Å². The van der Waals surface area contributed by atoms with Crippen molar-refractivity contribution in [3.63, 3.8) is 0 Å². The predicted octanol–water partition coefficient (Wildman–Crippen LogP) is 1.92. The van der Waals surface area contributed by atoms with E-state index >= 15 is 0 Å². The van der Waals surface area contributed by atoms with Crippen LogP contribution in [-0.4, -0.2) is 50.8 Å². The van der Waals surface area contributed by atoms with Gasteiger partial charge in [-0.05, 0) is 38.0 Å². The van der Waals surface area contributed by atoms with E-state index in [1.165, 1.54) is 0 Å². The number of amides is 1. The molecule has 0 spiro atoms. The molecular weight excluding hydrogens is 286 g/mol. The van der Waals surface area contributed by atoms with Gasteiger partial charge in [-0.25, -0.2) is 0 Å². The van der Waals surface area contributed by atoms with E-state index in [2.05, 4.69) is 5.10 Å². The molecule has 0 aliphatic carbocycles. The van der Waals surface area contributed by atoms with Crippen molar-refractivity contribution in [2.24, 2.45) is 0 Å². The fraction of sp³-hybridized carbons (Fsp3) is 0.733. The number of aromatic nitrogens is 2. The Kier molecular flexibility index (Phi) is 4.85. The number of thioether (sulfide) groups is 1. The lowest BCUT2D eigenvalue weighted by Gasteiger charge is -2.31. The van der Waals surface area contributed by atoms with Gasteiger partial charge in [0.2, 0.25) is 5.91 Å². The average Bonchev–Trinajstić information content (AvgIpc) is 3.14. The molecule has 0 bridgehead atoms. The molecule has 0 saturated carbocycles. The zero-order valence-electron chi connectivity index (χ0n) is 12.5. The summed E-state index contributed by atoms with van der Waals surface area (Å²) >= 11 is 1.81. The molecule has 1 aromatic rings. The fourth-order valence-electron chi connectivity index (χ4n) is 3.07. The number of hydrogen-bond acceptors (Lipinski definition) is 4. The van der Waals surface area contributed by atoms with Gasteiger partial charge < -0.3 is 9.64 Å². The van der Waals surface area contributed by atoms with Gasteiger partial charge in [-0.1, -0.05) is 0 Å². The third kappa shape index (κ3) is 3.26. The predicted molar refractivity (Wildman–Crippen MR) is 83.2 cm³/mol. The van der Waals surface area contributed by atoms with E-state index in [0.29, 0.717) is 19.8 Å². The summed E-state index contributed by atoms with van der Waals surface area (Å²) in [6, 6.07) is 2.19. The summed E-state index contributed by atoms with van der Waals surface area (Å²) in [5.41, 5.74) is 1.13. The van der Waals surface area contributed by atoms with Gasteiger partial charge in [0.15, 0.2) is 0 Å². The molecule has 1 fully saturated rings. The van der Waals surface area contributed by atoms with Crippen LogP contribution in [0.3, 0.4) is 0 Å². The van der Waals surface area contributed by atoms with Crippen LogP contribution in [-0.2, 0) is 22.6 Å². The maximum absolute atomic E-state index is 12.9. The van der Waals surface area contributed by atoms with Gasteiger partial charge in [0, 0.05) is 19.3 Å². The Balaban J connectivity index is 1.78. The Morgan fingerprint density at radius 3 is 3.19 bits per heavy atom. The van der Waals surface area contributed by atoms with Crippen LogP contribution >= 0.6 is 11.8 Å². The van der Waals surface area contributed by atoms with E-state index in [4.69, 9.17) is 4.74 Å². The Hall–Kier alpha value is -1.01. The summed E-state index contributed by atoms with van der Waals surface area (Å²) in [6.07, 6.45) is 4.91. The van der Waals surface area contributed by atoms with Crippen molar-refractivity contribution >= 4 is 17.7 Å². The summed E-state index contributed by atoms with van der Waals surface area (Å²) < 4.78 is 7.64. The van der Waals surface area contributed by atoms with Crippen molar-refractivity contribution in [1.29, 1.82) is 0 Å². The minimum absolute atomic E-state index is 0.142. The Labute approximate surface area is 130 Å². The molecule has 116 valence electrons. The molecule has 1 aromatic heterocycles. The first-order chi connectivity index (χ1) is 10.3. The normalized spacial score (nSPS) is 25.7. The molecular formula is C15H23N3O2S. The first-order valence-corrected chi connectivity index (χ1v) is 8.85. The smallest absolute Gasteiger partial charge is 0.236 e. The van der Waals surface area contributed by atoms with E-state index in [-0.39, 0.29) is 17.2 Å². The summed E-state index contributed by atoms with van der Waals surface area (Å²) in [5, 5.41) is 4.50. The number of nitrogens with zero attached hydrogens (tertiary/aromatic N) is 3. The SMILES string of the molecule is CCOC[C@H]1CCn2nccc2CN1C(=O)[C@H]1CCCS1. The highest BCUT2D eigenvalue weighted by Gasteiger charge is 2.34. The lowest BCUT2D eigenvalue weighted by molar-refractivity contribution is -0.135. The summed E-state index contributed by atoms with van der Waals surface area (Å²) in [5.74, 6) is 1.40. The Morgan fingerprint density at radius 2 is 2.43 bits per heavy atom. The maximum Gasteiger partial charge on any atom is 0.236 e. The van der Waals surface area contributed by atoms with Crippen molar-refractivity contribution in [2.45, 2.75) is 50.6 Å². The molecule has 2 aliphatic rings. The summed E-state index contributed by atoms with van der Waals surface area (Å²) in [6.45, 7) is 4.85. The lowest BCUT2D eigenvalue weighted by Crippen LogP contribution is -2.45. The first-order valence-electron chi connectivity index (χ1n) is 7.80. The highest BCUT2D eigenvalue weighted by Crippen LogP contribution is 2.30. The van der Waals surface area contributed by atoms with Crippen LogP contribution in [0.5, 0.6) is 0 Å². The van der Waals surface area contributed by atoms with E-state index < -0.39 is 0 Å². The van der Waals surface area contributed by atoms with Gasteiger partial charge in [-0.2, -0.15) is 5.10 Å². The van der Waals surface area contributed by atoms with Gasteiger partial charge in [0.1, 0.15) is 0 Å². The highest BCUT2D eigenvalue weighted by molar-refractivity contribution is 8.00. The van der Waals surface area contributed by atoms with Crippen LogP contribution in [0.1, 0.15) is 31.9 Å². The minimum atomic E-state index is 0.142. The highest BCUT2D eigenvalue weighted by atomic mass is 32.2. The topological polar surface area (TPSA) is 47.4 Å². The van der Waals surface area contributed by atoms with Gasteiger partial charge in [-0.3, -0.25) is 9.48 Å². The third-order valence-corrected chi connectivity index (χ3v) is 5.62. The Morgan fingerprint density at radius 1 is 1.52 bits per heavy atom. The van der Waals surface area contributed by atoms with E-state index in [0.717, 1.165) is 37.3 Å². The molecule has 3 rings (SSSR count). The van der Waals surface area contributed by atoms with E-state index in [9.17, 15) is 4.79 Å². The number of carbonyl (C=O) groups is 1. The monoisotopic (exact) mass is 309 g/mol. The number of fused-ring (bicyclic) bond motifs is 1. The van der Waals surface area contributed by atoms with E-state index in [1.54, 1.807) is 11.8 Å². The summed E-state index contributed by atoms with van der Waals surface area (Å²) in [7, 11) is 0. The van der Waals surface area contributed by atoms with Crippen LogP contribution < -0.4 is 0 Å². The fourth-order valence-corrected chi connectivity index (χ4v) is 4.30. The lowest BCUT2D eigenvalue weighted by atomic mass is 10.1. The molecule has 0 N–H and O–H groups in total. The van der Waals surface area contributed by atoms with Crippen LogP contribution in [0.15, 0.2) is 12.3 Å². The standard InChI is InChI=1S/C15H23N3O2S/c1-2-20-11-13-6-8-18-12(5-7-16-18)10-17(13)15(19)14-4-3-9-21-14/h5,7,13-14H,2-4,6,8-11H2,1H3/t13-,14-/m1/s1. The molecule has 5 nitrogen and oxygen atoms in total. The van der Waals surface area contributed by atoms with E-state index in [1.807, 2.05) is 28.8 Å².